The van der Waals surface area contributed by atoms with Gasteiger partial charge in [-0.05, 0) is 56.5 Å². The van der Waals surface area contributed by atoms with E-state index in [-0.39, 0.29) is 6.10 Å². The lowest BCUT2D eigenvalue weighted by molar-refractivity contribution is 0.0129. The van der Waals surface area contributed by atoms with Crippen molar-refractivity contribution in [3.63, 3.8) is 0 Å². The lowest BCUT2D eigenvalue weighted by Crippen LogP contribution is -2.44. The Morgan fingerprint density at radius 3 is 2.95 bits per heavy atom. The number of β-amino-alcohol motifs (C(OH)–C–C–N with tert-alkyl or cyclic N) is 1. The number of rotatable bonds is 8. The quantitative estimate of drug-likeness (QED) is 0.734. The molecule has 3 nitrogen and oxygen atoms in total. The molecule has 1 aromatic carbocycles. The number of ether oxygens (including phenoxy) is 1. The van der Waals surface area contributed by atoms with Crippen molar-refractivity contribution >= 4 is 11.6 Å². The summed E-state index contributed by atoms with van der Waals surface area (Å²) in [6, 6.07) is 7.47. The summed E-state index contributed by atoms with van der Waals surface area (Å²) in [6.45, 7) is 5.89. The molecule has 0 saturated carbocycles. The van der Waals surface area contributed by atoms with Gasteiger partial charge in [-0.3, -0.25) is 0 Å². The van der Waals surface area contributed by atoms with Crippen molar-refractivity contribution in [2.45, 2.75) is 45.1 Å². The van der Waals surface area contributed by atoms with E-state index in [4.69, 9.17) is 16.3 Å². The lowest BCUT2D eigenvalue weighted by atomic mass is 9.91. The highest BCUT2D eigenvalue weighted by Crippen LogP contribution is 2.23. The van der Waals surface area contributed by atoms with Gasteiger partial charge in [0.1, 0.15) is 5.75 Å². The van der Waals surface area contributed by atoms with E-state index in [1.165, 1.54) is 19.3 Å². The van der Waals surface area contributed by atoms with Crippen molar-refractivity contribution in [1.29, 1.82) is 0 Å². The van der Waals surface area contributed by atoms with Crippen LogP contribution in [0.5, 0.6) is 5.75 Å². The van der Waals surface area contributed by atoms with E-state index in [1.54, 1.807) is 0 Å². The largest absolute Gasteiger partial charge is 0.494 e. The third-order valence-electron chi connectivity index (χ3n) is 4.44. The van der Waals surface area contributed by atoms with Crippen LogP contribution in [0, 0.1) is 5.92 Å². The number of nitrogens with zero attached hydrogens (tertiary/aromatic N) is 1. The van der Waals surface area contributed by atoms with Crippen LogP contribution in [0.25, 0.3) is 0 Å². The zero-order valence-corrected chi connectivity index (χ0v) is 14.3. The van der Waals surface area contributed by atoms with Gasteiger partial charge < -0.3 is 14.7 Å². The fraction of sp³-hybridized carbons (Fsp3) is 0.667. The van der Waals surface area contributed by atoms with Crippen LogP contribution in [0.4, 0.5) is 0 Å². The van der Waals surface area contributed by atoms with Crippen molar-refractivity contribution in [3.8, 4) is 5.75 Å². The first-order valence-electron chi connectivity index (χ1n) is 8.48. The predicted octanol–water partition coefficient (Wildman–Crippen LogP) is 3.98. The van der Waals surface area contributed by atoms with Crippen molar-refractivity contribution in [2.75, 3.05) is 26.2 Å². The molecule has 124 valence electrons. The first-order chi connectivity index (χ1) is 10.7. The molecule has 0 bridgehead atoms. The highest BCUT2D eigenvalue weighted by atomic mass is 35.5. The molecule has 0 aliphatic carbocycles. The van der Waals surface area contributed by atoms with Crippen LogP contribution < -0.4 is 4.74 Å². The van der Waals surface area contributed by atoms with Gasteiger partial charge in [0.2, 0.25) is 0 Å². The van der Waals surface area contributed by atoms with E-state index in [2.05, 4.69) is 11.8 Å². The molecule has 0 unspecified atom stereocenters. The molecule has 0 spiro atoms. The number of piperidine rings is 1. The summed E-state index contributed by atoms with van der Waals surface area (Å²) in [4.78, 5) is 2.40. The standard InChI is InChI=1S/C18H28ClNO2/c1-2-3-4-10-20-11-8-15(18(21)14-20)9-12-22-17-7-5-6-16(19)13-17/h5-7,13,15,18,21H,2-4,8-12,14H2,1H3/t15-,18-/m0/s1. The molecule has 1 saturated heterocycles. The number of halogens is 1. The minimum Gasteiger partial charge on any atom is -0.494 e. The number of unbranched alkanes of at least 4 members (excludes halogenated alkanes) is 2. The second-order valence-corrected chi connectivity index (χ2v) is 6.65. The second kappa shape index (κ2) is 9.39. The summed E-state index contributed by atoms with van der Waals surface area (Å²) in [5, 5.41) is 11.0. The summed E-state index contributed by atoms with van der Waals surface area (Å²) in [6.07, 6.45) is 5.51. The fourth-order valence-corrected chi connectivity index (χ4v) is 3.24. The van der Waals surface area contributed by atoms with Crippen LogP contribution in [0.2, 0.25) is 5.02 Å². The molecule has 2 atom stereocenters. The third kappa shape index (κ3) is 5.79. The molecule has 2 rings (SSSR count). The van der Waals surface area contributed by atoms with Gasteiger partial charge in [0, 0.05) is 11.6 Å². The van der Waals surface area contributed by atoms with Crippen LogP contribution >= 0.6 is 11.6 Å². The van der Waals surface area contributed by atoms with Crippen molar-refractivity contribution in [3.05, 3.63) is 29.3 Å². The summed E-state index contributed by atoms with van der Waals surface area (Å²) in [7, 11) is 0. The summed E-state index contributed by atoms with van der Waals surface area (Å²) in [5.41, 5.74) is 0. The van der Waals surface area contributed by atoms with Crippen LogP contribution in [-0.4, -0.2) is 42.4 Å². The summed E-state index contributed by atoms with van der Waals surface area (Å²) >= 11 is 5.94. The second-order valence-electron chi connectivity index (χ2n) is 6.22. The molecule has 0 radical (unpaired) electrons. The highest BCUT2D eigenvalue weighted by molar-refractivity contribution is 6.30. The predicted molar refractivity (Wildman–Crippen MR) is 91.6 cm³/mol. The Labute approximate surface area is 139 Å². The topological polar surface area (TPSA) is 32.7 Å². The first-order valence-corrected chi connectivity index (χ1v) is 8.85. The minimum absolute atomic E-state index is 0.224. The molecule has 22 heavy (non-hydrogen) atoms. The smallest absolute Gasteiger partial charge is 0.120 e. The van der Waals surface area contributed by atoms with E-state index in [1.807, 2.05) is 24.3 Å². The van der Waals surface area contributed by atoms with Crippen molar-refractivity contribution in [1.82, 2.24) is 4.90 Å². The number of hydrogen-bond donors (Lipinski definition) is 1. The number of aliphatic hydroxyl groups is 1. The molecule has 1 heterocycles. The van der Waals surface area contributed by atoms with Gasteiger partial charge in [0.25, 0.3) is 0 Å². The monoisotopic (exact) mass is 325 g/mol. The van der Waals surface area contributed by atoms with Crippen LogP contribution in [0.1, 0.15) is 39.0 Å². The van der Waals surface area contributed by atoms with Gasteiger partial charge >= 0.3 is 0 Å². The number of likely N-dealkylation sites (tertiary alicyclic amines) is 1. The molecule has 1 aliphatic rings. The molecule has 1 N–H and O–H groups in total. The Hall–Kier alpha value is -0.770. The van der Waals surface area contributed by atoms with Gasteiger partial charge in [0.05, 0.1) is 12.7 Å². The first kappa shape index (κ1) is 17.6. The van der Waals surface area contributed by atoms with E-state index in [0.717, 1.165) is 38.2 Å². The van der Waals surface area contributed by atoms with Gasteiger partial charge in [-0.15, -0.1) is 0 Å². The maximum atomic E-state index is 10.3. The maximum Gasteiger partial charge on any atom is 0.120 e. The van der Waals surface area contributed by atoms with Crippen LogP contribution in [0.15, 0.2) is 24.3 Å². The Morgan fingerprint density at radius 1 is 1.36 bits per heavy atom. The molecule has 1 aromatic rings. The number of aliphatic hydroxyl groups excluding tert-OH is 1. The Balaban J connectivity index is 1.67. The Kier molecular flexibility index (Phi) is 7.50. The van der Waals surface area contributed by atoms with Gasteiger partial charge in [-0.2, -0.15) is 0 Å². The molecular formula is C18H28ClNO2. The average molecular weight is 326 g/mol. The Morgan fingerprint density at radius 2 is 2.23 bits per heavy atom. The summed E-state index contributed by atoms with van der Waals surface area (Å²) < 4.78 is 5.74. The van der Waals surface area contributed by atoms with E-state index in [9.17, 15) is 5.11 Å². The van der Waals surface area contributed by atoms with E-state index >= 15 is 0 Å². The fourth-order valence-electron chi connectivity index (χ4n) is 3.06. The van der Waals surface area contributed by atoms with Gasteiger partial charge in [-0.1, -0.05) is 37.4 Å². The molecule has 1 aliphatic heterocycles. The third-order valence-corrected chi connectivity index (χ3v) is 4.67. The average Bonchev–Trinajstić information content (AvgIpc) is 2.50. The van der Waals surface area contributed by atoms with Gasteiger partial charge in [0.15, 0.2) is 0 Å². The normalized spacial score (nSPS) is 22.7. The number of hydrogen-bond acceptors (Lipinski definition) is 3. The SMILES string of the molecule is CCCCCN1CC[C@@H](CCOc2cccc(Cl)c2)[C@@H](O)C1. The number of benzene rings is 1. The lowest BCUT2D eigenvalue weighted by Gasteiger charge is -2.36. The molecule has 0 aromatic heterocycles. The Bertz CT molecular complexity index is 441. The van der Waals surface area contributed by atoms with Crippen molar-refractivity contribution in [2.24, 2.45) is 5.92 Å². The zero-order valence-electron chi connectivity index (χ0n) is 13.5. The minimum atomic E-state index is -0.224. The van der Waals surface area contributed by atoms with E-state index in [0.29, 0.717) is 17.5 Å². The summed E-state index contributed by atoms with van der Waals surface area (Å²) in [5.74, 6) is 1.15. The molecular weight excluding hydrogens is 298 g/mol. The molecule has 4 heteroatoms. The zero-order chi connectivity index (χ0) is 15.8. The van der Waals surface area contributed by atoms with Gasteiger partial charge in [-0.25, -0.2) is 0 Å². The van der Waals surface area contributed by atoms with Crippen LogP contribution in [0.3, 0.4) is 0 Å². The van der Waals surface area contributed by atoms with Crippen LogP contribution in [-0.2, 0) is 0 Å². The van der Waals surface area contributed by atoms with Crippen molar-refractivity contribution < 1.29 is 9.84 Å². The van der Waals surface area contributed by atoms with E-state index < -0.39 is 0 Å². The molecule has 0 amide bonds. The maximum absolute atomic E-state index is 10.3. The molecule has 1 fully saturated rings. The highest BCUT2D eigenvalue weighted by Gasteiger charge is 2.27.